The third-order valence-corrected chi connectivity index (χ3v) is 4.09. The largest absolute Gasteiger partial charge is 0.488 e. The first-order chi connectivity index (χ1) is 13.2. The van der Waals surface area contributed by atoms with E-state index in [1.54, 1.807) is 21.8 Å². The Morgan fingerprint density at radius 2 is 2.18 bits per heavy atom. The Balaban J connectivity index is 1.65. The minimum atomic E-state index is -0.543. The van der Waals surface area contributed by atoms with Crippen molar-refractivity contribution in [2.24, 2.45) is 7.05 Å². The highest BCUT2D eigenvalue weighted by Crippen LogP contribution is 2.28. The van der Waals surface area contributed by atoms with E-state index in [1.165, 1.54) is 0 Å². The van der Waals surface area contributed by atoms with E-state index in [4.69, 9.17) is 25.8 Å². The topological polar surface area (TPSA) is 91.6 Å². The second kappa shape index (κ2) is 8.32. The van der Waals surface area contributed by atoms with Crippen LogP contribution in [0.1, 0.15) is 20.8 Å². The van der Waals surface area contributed by atoms with Crippen molar-refractivity contribution >= 4 is 17.7 Å². The molecule has 1 unspecified atom stereocenters. The zero-order chi connectivity index (χ0) is 20.3. The highest BCUT2D eigenvalue weighted by Gasteiger charge is 2.28. The summed E-state index contributed by atoms with van der Waals surface area (Å²) < 4.78 is 18.7. The summed E-state index contributed by atoms with van der Waals surface area (Å²) in [5.74, 6) is 0.455. The van der Waals surface area contributed by atoms with Crippen LogP contribution in [0.15, 0.2) is 18.3 Å². The Bertz CT molecular complexity index is 836. The lowest BCUT2D eigenvalue weighted by Gasteiger charge is -2.34. The van der Waals surface area contributed by atoms with Gasteiger partial charge in [0.15, 0.2) is 16.6 Å². The van der Waals surface area contributed by atoms with Crippen molar-refractivity contribution in [3.05, 3.63) is 23.5 Å². The Morgan fingerprint density at radius 1 is 1.39 bits per heavy atom. The minimum Gasteiger partial charge on any atom is -0.488 e. The summed E-state index contributed by atoms with van der Waals surface area (Å²) in [4.78, 5) is 13.9. The number of amides is 1. The molecule has 10 heteroatoms. The maximum absolute atomic E-state index is 12.3. The third-order valence-electron chi connectivity index (χ3n) is 3.90. The molecule has 9 nitrogen and oxygen atoms in total. The van der Waals surface area contributed by atoms with Gasteiger partial charge in [-0.2, -0.15) is 5.10 Å². The number of morpholine rings is 1. The summed E-state index contributed by atoms with van der Waals surface area (Å²) >= 11 is 5.98. The van der Waals surface area contributed by atoms with Gasteiger partial charge in [-0.25, -0.2) is 4.79 Å². The Labute approximate surface area is 168 Å². The molecular weight excluding hydrogens is 386 g/mol. The second-order valence-corrected chi connectivity index (χ2v) is 7.87. The molecule has 3 heterocycles. The first-order valence-corrected chi connectivity index (χ1v) is 9.34. The number of carbonyl (C=O) groups is 1. The van der Waals surface area contributed by atoms with Gasteiger partial charge in [0, 0.05) is 25.9 Å². The van der Waals surface area contributed by atoms with E-state index in [1.807, 2.05) is 33.9 Å². The second-order valence-electron chi connectivity index (χ2n) is 7.48. The fraction of sp³-hybridized carbons (Fsp3) is 0.556. The van der Waals surface area contributed by atoms with Gasteiger partial charge in [-0.3, -0.25) is 4.68 Å². The van der Waals surface area contributed by atoms with Crippen LogP contribution in [0.25, 0.3) is 11.4 Å². The summed E-state index contributed by atoms with van der Waals surface area (Å²) in [5, 5.41) is 12.5. The Hall–Kier alpha value is -2.39. The predicted molar refractivity (Wildman–Crippen MR) is 102 cm³/mol. The van der Waals surface area contributed by atoms with Crippen LogP contribution in [0.3, 0.4) is 0 Å². The Kier molecular flexibility index (Phi) is 6.04. The molecule has 2 aromatic rings. The number of halogens is 1. The van der Waals surface area contributed by atoms with E-state index in [0.717, 1.165) is 0 Å². The van der Waals surface area contributed by atoms with E-state index in [9.17, 15) is 4.79 Å². The summed E-state index contributed by atoms with van der Waals surface area (Å²) in [5.41, 5.74) is 0.574. The molecule has 0 N–H and O–H groups in total. The van der Waals surface area contributed by atoms with Crippen molar-refractivity contribution < 1.29 is 19.0 Å². The molecule has 1 aliphatic rings. The van der Waals surface area contributed by atoms with E-state index in [-0.39, 0.29) is 24.0 Å². The molecule has 1 atom stereocenters. The van der Waals surface area contributed by atoms with Gasteiger partial charge in [-0.05, 0) is 26.8 Å². The first kappa shape index (κ1) is 20.3. The van der Waals surface area contributed by atoms with Gasteiger partial charge in [-0.1, -0.05) is 11.6 Å². The van der Waals surface area contributed by atoms with Crippen molar-refractivity contribution in [3.63, 3.8) is 0 Å². The maximum atomic E-state index is 12.3. The quantitative estimate of drug-likeness (QED) is 0.766. The van der Waals surface area contributed by atoms with Crippen LogP contribution in [0.2, 0.25) is 5.15 Å². The van der Waals surface area contributed by atoms with Crippen molar-refractivity contribution in [2.75, 3.05) is 26.3 Å². The SMILES string of the molecule is Cn1ccc(-c2nnc(Cl)cc2OCC2CN(C(=O)OC(C)(C)C)CCO2)n1. The van der Waals surface area contributed by atoms with Crippen LogP contribution in [-0.4, -0.2) is 69.0 Å². The van der Waals surface area contributed by atoms with Gasteiger partial charge in [0.1, 0.15) is 24.0 Å². The average molecular weight is 410 g/mol. The number of hydrogen-bond donors (Lipinski definition) is 0. The highest BCUT2D eigenvalue weighted by molar-refractivity contribution is 6.29. The van der Waals surface area contributed by atoms with Gasteiger partial charge in [-0.15, -0.1) is 10.2 Å². The molecule has 3 rings (SSSR count). The average Bonchev–Trinajstić information content (AvgIpc) is 3.05. The third kappa shape index (κ3) is 5.32. The molecule has 0 spiro atoms. The van der Waals surface area contributed by atoms with Crippen LogP contribution in [0.5, 0.6) is 5.75 Å². The van der Waals surface area contributed by atoms with Crippen molar-refractivity contribution in [2.45, 2.75) is 32.5 Å². The number of nitrogens with zero attached hydrogens (tertiary/aromatic N) is 5. The molecule has 0 radical (unpaired) electrons. The fourth-order valence-electron chi connectivity index (χ4n) is 2.68. The summed E-state index contributed by atoms with van der Waals surface area (Å²) in [7, 11) is 1.81. The van der Waals surface area contributed by atoms with Crippen LogP contribution in [0, 0.1) is 0 Å². The van der Waals surface area contributed by atoms with E-state index in [0.29, 0.717) is 36.8 Å². The monoisotopic (exact) mass is 409 g/mol. The van der Waals surface area contributed by atoms with E-state index in [2.05, 4.69) is 15.3 Å². The van der Waals surface area contributed by atoms with Crippen LogP contribution in [-0.2, 0) is 16.5 Å². The number of aryl methyl sites for hydroxylation is 1. The molecule has 2 aromatic heterocycles. The zero-order valence-electron chi connectivity index (χ0n) is 16.4. The molecule has 0 aliphatic carbocycles. The summed E-state index contributed by atoms with van der Waals surface area (Å²) in [6, 6.07) is 3.40. The first-order valence-electron chi connectivity index (χ1n) is 8.97. The van der Waals surface area contributed by atoms with Crippen molar-refractivity contribution in [1.82, 2.24) is 24.9 Å². The van der Waals surface area contributed by atoms with Gasteiger partial charge >= 0.3 is 6.09 Å². The summed E-state index contributed by atoms with van der Waals surface area (Å²) in [6.07, 6.45) is 1.15. The Morgan fingerprint density at radius 3 is 2.86 bits per heavy atom. The normalized spacial score (nSPS) is 17.5. The maximum Gasteiger partial charge on any atom is 0.410 e. The van der Waals surface area contributed by atoms with Gasteiger partial charge in [0.2, 0.25) is 0 Å². The molecule has 1 aliphatic heterocycles. The number of ether oxygens (including phenoxy) is 3. The van der Waals surface area contributed by atoms with Crippen LogP contribution < -0.4 is 4.74 Å². The number of carbonyl (C=O) groups excluding carboxylic acids is 1. The summed E-state index contributed by atoms with van der Waals surface area (Å²) in [6.45, 7) is 7.01. The standard InChI is InChI=1S/C18H24ClN5O4/c1-18(2,3)28-17(25)24-7-8-26-12(10-24)11-27-14-9-15(19)20-21-16(14)13-5-6-23(4)22-13/h5-6,9,12H,7-8,10-11H2,1-4H3. The number of hydrogen-bond acceptors (Lipinski definition) is 7. The lowest BCUT2D eigenvalue weighted by molar-refractivity contribution is -0.0556. The van der Waals surface area contributed by atoms with E-state index >= 15 is 0 Å². The molecule has 28 heavy (non-hydrogen) atoms. The van der Waals surface area contributed by atoms with Crippen LogP contribution >= 0.6 is 11.6 Å². The van der Waals surface area contributed by atoms with Gasteiger partial charge in [0.05, 0.1) is 13.2 Å². The molecular formula is C18H24ClN5O4. The van der Waals surface area contributed by atoms with Gasteiger partial charge in [0.25, 0.3) is 0 Å². The molecule has 152 valence electrons. The molecule has 1 amide bonds. The fourth-order valence-corrected chi connectivity index (χ4v) is 2.81. The molecule has 1 saturated heterocycles. The lowest BCUT2D eigenvalue weighted by Crippen LogP contribution is -2.49. The van der Waals surface area contributed by atoms with Gasteiger partial charge < -0.3 is 19.1 Å². The highest BCUT2D eigenvalue weighted by atomic mass is 35.5. The van der Waals surface area contributed by atoms with Crippen molar-refractivity contribution in [1.29, 1.82) is 0 Å². The zero-order valence-corrected chi connectivity index (χ0v) is 17.1. The molecule has 1 fully saturated rings. The smallest absolute Gasteiger partial charge is 0.410 e. The minimum absolute atomic E-state index is 0.217. The predicted octanol–water partition coefficient (Wildman–Crippen LogP) is 2.55. The van der Waals surface area contributed by atoms with E-state index < -0.39 is 5.60 Å². The number of aromatic nitrogens is 4. The molecule has 0 saturated carbocycles. The van der Waals surface area contributed by atoms with Crippen LogP contribution in [0.4, 0.5) is 4.79 Å². The van der Waals surface area contributed by atoms with Crippen molar-refractivity contribution in [3.8, 4) is 17.1 Å². The molecule has 0 aromatic carbocycles. The lowest BCUT2D eigenvalue weighted by atomic mass is 10.2. The number of rotatable bonds is 4. The molecule has 0 bridgehead atoms.